The largest absolute Gasteiger partial charge is 0.460 e. The summed E-state index contributed by atoms with van der Waals surface area (Å²) in [5.41, 5.74) is 0. The van der Waals surface area contributed by atoms with E-state index in [1.54, 1.807) is 0 Å². The third-order valence-corrected chi connectivity index (χ3v) is 4.98. The molecule has 0 aliphatic heterocycles. The van der Waals surface area contributed by atoms with Crippen molar-refractivity contribution in [3.63, 3.8) is 0 Å². The van der Waals surface area contributed by atoms with Gasteiger partial charge in [0.1, 0.15) is 0 Å². The number of halogens is 17. The fourth-order valence-corrected chi connectivity index (χ4v) is 2.57. The second-order valence-corrected chi connectivity index (χ2v) is 9.27. The van der Waals surface area contributed by atoms with Crippen molar-refractivity contribution < 1.29 is 74.6 Å². The van der Waals surface area contributed by atoms with Crippen LogP contribution in [0.15, 0.2) is 0 Å². The van der Waals surface area contributed by atoms with Crippen molar-refractivity contribution in [2.24, 2.45) is 0 Å². The summed E-state index contributed by atoms with van der Waals surface area (Å²) in [7, 11) is -1.93. The van der Waals surface area contributed by atoms with Crippen molar-refractivity contribution in [3.05, 3.63) is 0 Å². The van der Waals surface area contributed by atoms with Crippen LogP contribution in [0, 0.1) is 0 Å². The third-order valence-electron chi connectivity index (χ3n) is 3.73. The van der Waals surface area contributed by atoms with Crippen LogP contribution in [-0.4, -0.2) is 56.4 Å². The molecule has 0 saturated heterocycles. The molecule has 0 aromatic heterocycles. The van der Waals surface area contributed by atoms with E-state index in [1.807, 2.05) is 0 Å². The number of hydrogen-bond donors (Lipinski definition) is 0. The predicted molar refractivity (Wildman–Crippen MR) is 67.6 cm³/mol. The van der Waals surface area contributed by atoms with Gasteiger partial charge in [0.25, 0.3) is 0 Å². The number of hydrogen-bond acceptors (Lipinski definition) is 0. The van der Waals surface area contributed by atoms with E-state index in [9.17, 15) is 74.6 Å². The summed E-state index contributed by atoms with van der Waals surface area (Å²) in [5, 5.41) is 0. The quantitative estimate of drug-likeness (QED) is 0.231. The fraction of sp³-hybridized carbons (Fsp3) is 1.00. The Labute approximate surface area is 158 Å². The molecule has 30 heavy (non-hydrogen) atoms. The molecule has 0 spiro atoms. The zero-order valence-electron chi connectivity index (χ0n) is 14.3. The summed E-state index contributed by atoms with van der Waals surface area (Å²) in [6.07, 6.45) is -10.1. The van der Waals surface area contributed by atoms with Gasteiger partial charge in [0.05, 0.1) is 0 Å². The second kappa shape index (κ2) is 7.56. The van der Waals surface area contributed by atoms with Crippen LogP contribution >= 0.6 is 0 Å². The van der Waals surface area contributed by atoms with Crippen LogP contribution in [0.5, 0.6) is 0 Å². The highest BCUT2D eigenvalue weighted by Crippen LogP contribution is 2.64. The van der Waals surface area contributed by atoms with Gasteiger partial charge in [0.15, 0.2) is 0 Å². The molecule has 0 rings (SSSR count). The predicted octanol–water partition coefficient (Wildman–Crippen LogP) is 7.14. The van der Waals surface area contributed by atoms with Crippen LogP contribution < -0.4 is 0 Å². The van der Waals surface area contributed by atoms with E-state index >= 15 is 0 Å². The first-order valence-electron chi connectivity index (χ1n) is 7.17. The van der Waals surface area contributed by atoms with Gasteiger partial charge in [-0.3, -0.25) is 0 Å². The maximum absolute atomic E-state index is 13.4. The Morgan fingerprint density at radius 2 is 0.700 bits per heavy atom. The lowest BCUT2D eigenvalue weighted by Crippen LogP contribution is -2.74. The van der Waals surface area contributed by atoms with Gasteiger partial charge in [-0.05, 0) is 0 Å². The normalized spacial score (nSPS) is 16.4. The van der Waals surface area contributed by atoms with E-state index in [4.69, 9.17) is 0 Å². The fourth-order valence-electron chi connectivity index (χ4n) is 1.76. The van der Waals surface area contributed by atoms with Crippen molar-refractivity contribution in [1.29, 1.82) is 0 Å². The number of rotatable bonds is 9. The molecule has 0 atom stereocenters. The van der Waals surface area contributed by atoms with Gasteiger partial charge in [-0.15, -0.1) is 0 Å². The highest BCUT2D eigenvalue weighted by atomic mass is 28.3. The van der Waals surface area contributed by atoms with Crippen LogP contribution in [-0.2, 0) is 0 Å². The minimum atomic E-state index is -8.56. The molecular formula is C12H10F17Si. The summed E-state index contributed by atoms with van der Waals surface area (Å²) < 4.78 is 220. The van der Waals surface area contributed by atoms with E-state index in [1.165, 1.54) is 0 Å². The molecule has 0 amide bonds. The van der Waals surface area contributed by atoms with E-state index in [0.29, 0.717) is 0 Å². The summed E-state index contributed by atoms with van der Waals surface area (Å²) in [6.45, 7) is 2.28. The molecule has 0 heterocycles. The maximum Gasteiger partial charge on any atom is 0.460 e. The SMILES string of the molecule is C[Si](C)CCC(F)(F)C(F)(F)C(F)(F)C(F)(F)C(F)(F)C(F)(F)C(F)(F)C(F)(F)F. The van der Waals surface area contributed by atoms with Gasteiger partial charge in [0, 0.05) is 15.2 Å². The molecule has 0 saturated carbocycles. The van der Waals surface area contributed by atoms with Crippen molar-refractivity contribution in [3.8, 4) is 0 Å². The number of alkyl halides is 17. The minimum absolute atomic E-state index is 1.01. The molecule has 0 N–H and O–H groups in total. The van der Waals surface area contributed by atoms with E-state index in [-0.39, 0.29) is 0 Å². The lowest BCUT2D eigenvalue weighted by Gasteiger charge is -2.42. The molecule has 0 bridgehead atoms. The zero-order valence-corrected chi connectivity index (χ0v) is 15.3. The van der Waals surface area contributed by atoms with Crippen LogP contribution in [0.4, 0.5) is 74.6 Å². The van der Waals surface area contributed by atoms with E-state index < -0.39 is 68.9 Å². The van der Waals surface area contributed by atoms with Crippen molar-refractivity contribution >= 4 is 8.80 Å². The summed E-state index contributed by atoms with van der Waals surface area (Å²) in [5.74, 6) is -55.6. The van der Waals surface area contributed by atoms with E-state index in [0.717, 1.165) is 13.1 Å². The molecule has 0 aromatic carbocycles. The van der Waals surface area contributed by atoms with E-state index in [2.05, 4.69) is 0 Å². The topological polar surface area (TPSA) is 0 Å². The Bertz CT molecular complexity index is 602. The highest BCUT2D eigenvalue weighted by molar-refractivity contribution is 6.55. The highest BCUT2D eigenvalue weighted by Gasteiger charge is 2.95. The van der Waals surface area contributed by atoms with Crippen LogP contribution in [0.25, 0.3) is 0 Å². The molecule has 0 aliphatic rings. The molecule has 181 valence electrons. The molecule has 0 aliphatic carbocycles. The van der Waals surface area contributed by atoms with Crippen molar-refractivity contribution in [2.45, 2.75) is 73.2 Å². The Hall–Kier alpha value is -0.973. The Kier molecular flexibility index (Phi) is 7.32. The molecule has 18 heteroatoms. The minimum Gasteiger partial charge on any atom is -0.200 e. The monoisotopic (exact) mass is 505 g/mol. The van der Waals surface area contributed by atoms with Gasteiger partial charge in [-0.1, -0.05) is 19.1 Å². The van der Waals surface area contributed by atoms with Crippen LogP contribution in [0.3, 0.4) is 0 Å². The Morgan fingerprint density at radius 1 is 0.433 bits per heavy atom. The molecule has 0 nitrogen and oxygen atoms in total. The van der Waals surface area contributed by atoms with Gasteiger partial charge < -0.3 is 0 Å². The summed E-state index contributed by atoms with van der Waals surface area (Å²) in [6, 6.07) is -1.01. The van der Waals surface area contributed by atoms with Crippen LogP contribution in [0.1, 0.15) is 6.42 Å². The molecule has 0 fully saturated rings. The smallest absolute Gasteiger partial charge is 0.200 e. The van der Waals surface area contributed by atoms with Crippen LogP contribution in [0.2, 0.25) is 19.1 Å². The average molecular weight is 505 g/mol. The molecular weight excluding hydrogens is 495 g/mol. The van der Waals surface area contributed by atoms with Gasteiger partial charge in [-0.25, -0.2) is 0 Å². The Morgan fingerprint density at radius 3 is 0.967 bits per heavy atom. The second-order valence-electron chi connectivity index (χ2n) is 6.36. The molecule has 0 aromatic rings. The first-order valence-corrected chi connectivity index (χ1v) is 9.88. The molecule has 0 unspecified atom stereocenters. The van der Waals surface area contributed by atoms with Gasteiger partial charge in [-0.2, -0.15) is 74.6 Å². The average Bonchev–Trinajstić information content (AvgIpc) is 2.50. The standard InChI is InChI=1S/C12H10F17Si/c1-30(2)4-3-5(13,14)6(15,16)7(17,18)8(19,20)9(21,22)10(23,24)11(25,26)12(27,28)29/h3-4H2,1-2H3. The van der Waals surface area contributed by atoms with Gasteiger partial charge >= 0.3 is 47.6 Å². The zero-order chi connectivity index (χ0) is 25.0. The van der Waals surface area contributed by atoms with Gasteiger partial charge in [0.2, 0.25) is 0 Å². The first kappa shape index (κ1) is 29.0. The Balaban J connectivity index is 6.55. The third kappa shape index (κ3) is 3.96. The van der Waals surface area contributed by atoms with Crippen molar-refractivity contribution in [1.82, 2.24) is 0 Å². The summed E-state index contributed by atoms with van der Waals surface area (Å²) in [4.78, 5) is 0. The van der Waals surface area contributed by atoms with Crippen molar-refractivity contribution in [2.75, 3.05) is 0 Å². The lowest BCUT2D eigenvalue weighted by atomic mass is 9.88. The summed E-state index contributed by atoms with van der Waals surface area (Å²) >= 11 is 0. The molecule has 1 radical (unpaired) electrons. The maximum atomic E-state index is 13.4. The first-order chi connectivity index (χ1) is 12.7. The lowest BCUT2D eigenvalue weighted by molar-refractivity contribution is -0.461.